The molecule has 168 valence electrons. The van der Waals surface area contributed by atoms with Crippen LogP contribution in [-0.4, -0.2) is 41.8 Å². The van der Waals surface area contributed by atoms with Gasteiger partial charge in [-0.05, 0) is 12.1 Å². The fourth-order valence-corrected chi connectivity index (χ4v) is 1.98. The molecule has 1 N–H and O–H groups in total. The van der Waals surface area contributed by atoms with Crippen molar-refractivity contribution in [3.05, 3.63) is 18.2 Å². The number of hydrogen-bond donors (Lipinski definition) is 1. The average Bonchev–Trinajstić information content (AvgIpc) is 2.47. The van der Waals surface area contributed by atoms with Crippen LogP contribution in [-0.2, 0) is 0 Å². The summed E-state index contributed by atoms with van der Waals surface area (Å²) in [5.41, 5.74) is 0. The first-order valence-corrected chi connectivity index (χ1v) is 7.53. The van der Waals surface area contributed by atoms with Crippen LogP contribution in [0, 0.1) is 0 Å². The minimum atomic E-state index is -6.17. The highest BCUT2D eigenvalue weighted by molar-refractivity contribution is 7.25. The molecule has 0 saturated heterocycles. The van der Waals surface area contributed by atoms with E-state index in [1.54, 1.807) is 0 Å². The van der Waals surface area contributed by atoms with Gasteiger partial charge in [0.2, 0.25) is 14.8 Å². The highest BCUT2D eigenvalue weighted by Crippen LogP contribution is 2.47. The van der Waals surface area contributed by atoms with Crippen LogP contribution < -0.4 is 14.0 Å². The van der Waals surface area contributed by atoms with Crippen LogP contribution in [0.3, 0.4) is 0 Å². The number of ether oxygens (including phenoxy) is 2. The molecule has 1 aromatic carbocycles. The van der Waals surface area contributed by atoms with Crippen LogP contribution in [0.4, 0.5) is 52.7 Å². The molecule has 0 aliphatic carbocycles. The molecule has 1 rings (SSSR count). The van der Waals surface area contributed by atoms with E-state index in [-0.39, 0.29) is 6.07 Å². The second-order valence-electron chi connectivity index (χ2n) is 4.94. The first kappa shape index (κ1) is 25.2. The lowest BCUT2D eigenvalue weighted by Crippen LogP contribution is -2.48. The van der Waals surface area contributed by atoms with Crippen molar-refractivity contribution in [1.82, 2.24) is 0 Å². The van der Waals surface area contributed by atoms with Gasteiger partial charge in [0.05, 0.1) is 0 Å². The second-order valence-corrected chi connectivity index (χ2v) is 5.33. The van der Waals surface area contributed by atoms with Crippen molar-refractivity contribution in [1.29, 1.82) is 0 Å². The second kappa shape index (κ2) is 8.50. The SMILES string of the molecule is OPOc1cccc(OC(C(F)(F)F)C(F)(F)F)c1OC(C(F)(F)F)C(F)(F)F. The predicted octanol–water partition coefficient (Wildman–Crippen LogP) is 5.31. The number of halogens is 12. The maximum Gasteiger partial charge on any atom is 0.434 e. The highest BCUT2D eigenvalue weighted by atomic mass is 31.1. The lowest BCUT2D eigenvalue weighted by Gasteiger charge is -2.28. The van der Waals surface area contributed by atoms with Crippen LogP contribution in [0.25, 0.3) is 0 Å². The third-order valence-electron chi connectivity index (χ3n) is 2.77. The van der Waals surface area contributed by atoms with Crippen LogP contribution in [0.1, 0.15) is 0 Å². The predicted molar refractivity (Wildman–Crippen MR) is 70.7 cm³/mol. The summed E-state index contributed by atoms with van der Waals surface area (Å²) >= 11 is 0. The molecule has 0 heterocycles. The zero-order valence-electron chi connectivity index (χ0n) is 13.1. The molecule has 0 amide bonds. The molecule has 0 aromatic heterocycles. The summed E-state index contributed by atoms with van der Waals surface area (Å²) in [7, 11) is -1.67. The summed E-state index contributed by atoms with van der Waals surface area (Å²) in [6.07, 6.45) is -33.9. The Morgan fingerprint density at radius 1 is 0.655 bits per heavy atom. The van der Waals surface area contributed by atoms with Gasteiger partial charge in [-0.3, -0.25) is 0 Å². The first-order chi connectivity index (χ1) is 12.9. The van der Waals surface area contributed by atoms with E-state index in [0.29, 0.717) is 12.1 Å². The molecule has 0 aliphatic rings. The fourth-order valence-electron chi connectivity index (χ4n) is 1.72. The Kier molecular flexibility index (Phi) is 7.39. The van der Waals surface area contributed by atoms with E-state index in [0.717, 1.165) is 0 Å². The Morgan fingerprint density at radius 2 is 1.03 bits per heavy atom. The Morgan fingerprint density at radius 3 is 1.41 bits per heavy atom. The number of alkyl halides is 12. The largest absolute Gasteiger partial charge is 0.467 e. The number of para-hydroxylation sites is 1. The van der Waals surface area contributed by atoms with E-state index in [1.165, 1.54) is 0 Å². The van der Waals surface area contributed by atoms with Gasteiger partial charge >= 0.3 is 24.7 Å². The van der Waals surface area contributed by atoms with Crippen molar-refractivity contribution in [3.8, 4) is 17.2 Å². The van der Waals surface area contributed by atoms with Crippen molar-refractivity contribution in [3.63, 3.8) is 0 Å². The zero-order valence-corrected chi connectivity index (χ0v) is 14.1. The summed E-state index contributed by atoms with van der Waals surface area (Å²) in [6, 6.07) is 1.29. The standard InChI is InChI=1S/C12H7F12O4P/c13-9(14,15)7(10(16,17)18)26-4-2-1-3-5(28-29-25)6(4)27-8(11(19,20)21)12(22,23)24/h1-3,7-8,25,29H. The topological polar surface area (TPSA) is 47.9 Å². The van der Waals surface area contributed by atoms with Gasteiger partial charge in [-0.25, -0.2) is 0 Å². The molecule has 29 heavy (non-hydrogen) atoms. The van der Waals surface area contributed by atoms with E-state index in [4.69, 9.17) is 4.89 Å². The number of rotatable bonds is 6. The van der Waals surface area contributed by atoms with Crippen LogP contribution >= 0.6 is 9.03 Å². The van der Waals surface area contributed by atoms with Crippen LogP contribution in [0.2, 0.25) is 0 Å². The average molecular weight is 474 g/mol. The van der Waals surface area contributed by atoms with E-state index < -0.39 is 63.2 Å². The molecule has 1 atom stereocenters. The van der Waals surface area contributed by atoms with Gasteiger partial charge < -0.3 is 18.9 Å². The third kappa shape index (κ3) is 6.87. The smallest absolute Gasteiger partial charge is 0.434 e. The van der Waals surface area contributed by atoms with Crippen molar-refractivity contribution in [2.75, 3.05) is 0 Å². The normalized spacial score (nSPS) is 14.2. The third-order valence-corrected chi connectivity index (χ3v) is 3.08. The lowest BCUT2D eigenvalue weighted by molar-refractivity contribution is -0.305. The lowest BCUT2D eigenvalue weighted by atomic mass is 10.2. The van der Waals surface area contributed by atoms with Gasteiger partial charge in [-0.2, -0.15) is 52.7 Å². The quantitative estimate of drug-likeness (QED) is 0.449. The molecule has 0 bridgehead atoms. The summed E-state index contributed by atoms with van der Waals surface area (Å²) in [6.45, 7) is 0. The van der Waals surface area contributed by atoms with Gasteiger partial charge in [0, 0.05) is 0 Å². The molecule has 0 radical (unpaired) electrons. The molecule has 0 saturated carbocycles. The monoisotopic (exact) mass is 474 g/mol. The Balaban J connectivity index is 3.53. The van der Waals surface area contributed by atoms with Crippen molar-refractivity contribution >= 4 is 9.03 Å². The number of benzene rings is 1. The summed E-state index contributed by atoms with van der Waals surface area (Å²) in [4.78, 5) is 8.63. The minimum absolute atomic E-state index is 0.191. The van der Waals surface area contributed by atoms with Gasteiger partial charge in [0.15, 0.2) is 11.5 Å². The fraction of sp³-hybridized carbons (Fsp3) is 0.500. The zero-order chi connectivity index (χ0) is 22.8. The molecule has 0 aliphatic heterocycles. The molecule has 1 unspecified atom stereocenters. The molecule has 17 heteroatoms. The van der Waals surface area contributed by atoms with Gasteiger partial charge in [0.1, 0.15) is 0 Å². The molecule has 0 fully saturated rings. The molecular weight excluding hydrogens is 467 g/mol. The summed E-state index contributed by atoms with van der Waals surface area (Å²) < 4.78 is 163. The first-order valence-electron chi connectivity index (χ1n) is 6.68. The summed E-state index contributed by atoms with van der Waals surface area (Å²) in [5, 5.41) is 0. The Labute approximate surface area is 154 Å². The van der Waals surface area contributed by atoms with E-state index in [2.05, 4.69) is 14.0 Å². The maximum atomic E-state index is 12.7. The van der Waals surface area contributed by atoms with E-state index in [1.807, 2.05) is 0 Å². The molecular formula is C12H7F12O4P. The maximum absolute atomic E-state index is 12.7. The van der Waals surface area contributed by atoms with Gasteiger partial charge in [-0.15, -0.1) is 0 Å². The molecule has 0 spiro atoms. The van der Waals surface area contributed by atoms with E-state index >= 15 is 0 Å². The Hall–Kier alpha value is -1.83. The molecule has 4 nitrogen and oxygen atoms in total. The Bertz CT molecular complexity index is 653. The van der Waals surface area contributed by atoms with Crippen molar-refractivity contribution < 1.29 is 71.6 Å². The van der Waals surface area contributed by atoms with Crippen LogP contribution in [0.5, 0.6) is 17.2 Å². The summed E-state index contributed by atoms with van der Waals surface area (Å²) in [5.74, 6) is -4.91. The van der Waals surface area contributed by atoms with Gasteiger partial charge in [-0.1, -0.05) is 6.07 Å². The highest BCUT2D eigenvalue weighted by Gasteiger charge is 2.61. The molecule has 1 aromatic rings. The van der Waals surface area contributed by atoms with Crippen LogP contribution in [0.15, 0.2) is 18.2 Å². The van der Waals surface area contributed by atoms with E-state index in [9.17, 15) is 52.7 Å². The van der Waals surface area contributed by atoms with Gasteiger partial charge in [0.25, 0.3) is 12.2 Å². The van der Waals surface area contributed by atoms with Crippen molar-refractivity contribution in [2.24, 2.45) is 0 Å². The number of hydrogen-bond acceptors (Lipinski definition) is 4. The minimum Gasteiger partial charge on any atom is -0.467 e. The van der Waals surface area contributed by atoms with Crippen molar-refractivity contribution in [2.45, 2.75) is 36.9 Å².